The molecule has 2 unspecified atom stereocenters. The Balaban J connectivity index is 1.54. The van der Waals surface area contributed by atoms with Gasteiger partial charge in [-0.2, -0.15) is 4.39 Å². The fourth-order valence-electron chi connectivity index (χ4n) is 4.80. The number of likely N-dealkylation sites (tertiary alicyclic amines) is 1. The molecule has 3 heterocycles. The summed E-state index contributed by atoms with van der Waals surface area (Å²) in [6.45, 7) is 20.2. The summed E-state index contributed by atoms with van der Waals surface area (Å²) in [5, 5.41) is 3.95. The second-order valence-electron chi connectivity index (χ2n) is 13.2. The zero-order chi connectivity index (χ0) is 30.6. The number of hydrogen-bond donors (Lipinski definition) is 2. The van der Waals surface area contributed by atoms with E-state index in [-0.39, 0.29) is 28.7 Å². The van der Waals surface area contributed by atoms with Crippen LogP contribution in [0.25, 0.3) is 0 Å². The van der Waals surface area contributed by atoms with Crippen molar-refractivity contribution in [1.29, 1.82) is 0 Å². The number of rotatable bonds is 9. The number of carbonyl (C=O) groups excluding carboxylic acids is 2. The molecule has 1 aliphatic rings. The normalized spacial score (nSPS) is 17.6. The molecule has 2 N–H and O–H groups in total. The van der Waals surface area contributed by atoms with E-state index in [0.717, 1.165) is 31.2 Å². The quantitative estimate of drug-likeness (QED) is 0.184. The molecule has 2 aromatic heterocycles. The first kappa shape index (κ1) is 32.4. The number of amides is 2. The van der Waals surface area contributed by atoms with E-state index in [0.29, 0.717) is 29.0 Å². The van der Waals surface area contributed by atoms with Crippen LogP contribution in [0, 0.1) is 11.9 Å². The van der Waals surface area contributed by atoms with E-state index in [1.165, 1.54) is 6.07 Å². The van der Waals surface area contributed by atoms with Gasteiger partial charge in [0.15, 0.2) is 0 Å². The number of aromatic nitrogens is 2. The maximum Gasteiger partial charge on any atom is 0.410 e. The highest BCUT2D eigenvalue weighted by molar-refractivity contribution is 7.97. The number of hydrogen-bond acceptors (Lipinski definition) is 7. The van der Waals surface area contributed by atoms with Crippen LogP contribution in [0.4, 0.5) is 15.0 Å². The van der Waals surface area contributed by atoms with E-state index in [1.54, 1.807) is 12.1 Å². The molecule has 224 valence electrons. The lowest BCUT2D eigenvalue weighted by atomic mass is 9.91. The van der Waals surface area contributed by atoms with Gasteiger partial charge < -0.3 is 15.0 Å². The molecule has 0 radical (unpaired) electrons. The molecule has 0 aliphatic carbocycles. The van der Waals surface area contributed by atoms with Gasteiger partial charge in [-0.05, 0) is 84.1 Å². The Labute approximate surface area is 248 Å². The standard InChI is InChI=1S/C31H44FN5O3S/c1-10-21(15-14-20-18-31(8,9)37(19-20)28(39)40-30(5,6)7)33-24-12-11-13-25(35-24)41-36-27(38)22-16-17-23(29(2,3)4)34-26(22)32/h10-13,16-17,20-21H,1,14-15,18-19H2,2-9H3,(H,33,35)(H,36,38). The van der Waals surface area contributed by atoms with Crippen LogP contribution in [-0.2, 0) is 10.2 Å². The van der Waals surface area contributed by atoms with Crippen molar-refractivity contribution in [3.05, 3.63) is 60.2 Å². The largest absolute Gasteiger partial charge is 0.444 e. The van der Waals surface area contributed by atoms with Crippen LogP contribution in [0.3, 0.4) is 0 Å². The average Bonchev–Trinajstić information content (AvgIpc) is 3.17. The van der Waals surface area contributed by atoms with Gasteiger partial charge in [0.25, 0.3) is 5.91 Å². The highest BCUT2D eigenvalue weighted by Gasteiger charge is 2.42. The predicted octanol–water partition coefficient (Wildman–Crippen LogP) is 7.13. The zero-order valence-corrected chi connectivity index (χ0v) is 26.3. The third kappa shape index (κ3) is 9.18. The minimum absolute atomic E-state index is 0.0301. The third-order valence-corrected chi connectivity index (χ3v) is 7.63. The number of ether oxygens (including phenoxy) is 1. The monoisotopic (exact) mass is 585 g/mol. The number of anilines is 1. The van der Waals surface area contributed by atoms with Crippen LogP contribution >= 0.6 is 11.9 Å². The van der Waals surface area contributed by atoms with Crippen LogP contribution in [0.15, 0.2) is 48.0 Å². The summed E-state index contributed by atoms with van der Waals surface area (Å²) < 4.78 is 22.8. The van der Waals surface area contributed by atoms with Crippen molar-refractivity contribution in [3.8, 4) is 0 Å². The van der Waals surface area contributed by atoms with Crippen LogP contribution in [-0.4, -0.2) is 50.6 Å². The minimum Gasteiger partial charge on any atom is -0.444 e. The summed E-state index contributed by atoms with van der Waals surface area (Å²) >= 11 is 1.01. The lowest BCUT2D eigenvalue weighted by molar-refractivity contribution is 0.0130. The molecule has 3 rings (SSSR count). The maximum atomic E-state index is 14.5. The Hall–Kier alpha value is -3.14. The third-order valence-electron chi connectivity index (χ3n) is 6.91. The number of pyridine rings is 2. The Morgan fingerprint density at radius 3 is 2.51 bits per heavy atom. The molecular formula is C31H44FN5O3S. The first-order chi connectivity index (χ1) is 19.0. The molecule has 2 atom stereocenters. The SMILES string of the molecule is C=CC(CCC1CN(C(=O)OC(C)(C)C)C(C)(C)C1)Nc1cccc(SNC(=O)c2ccc(C(C)(C)C)nc2F)n1. The summed E-state index contributed by atoms with van der Waals surface area (Å²) in [5.74, 6) is -0.394. The average molecular weight is 586 g/mol. The van der Waals surface area contributed by atoms with E-state index >= 15 is 0 Å². The molecule has 1 fully saturated rings. The van der Waals surface area contributed by atoms with E-state index in [1.807, 2.05) is 64.7 Å². The van der Waals surface area contributed by atoms with Gasteiger partial charge in [-0.1, -0.05) is 32.9 Å². The van der Waals surface area contributed by atoms with Crippen molar-refractivity contribution in [2.75, 3.05) is 11.9 Å². The highest BCUT2D eigenvalue weighted by Crippen LogP contribution is 2.36. The Bertz CT molecular complexity index is 1260. The highest BCUT2D eigenvalue weighted by atomic mass is 32.2. The summed E-state index contributed by atoms with van der Waals surface area (Å²) in [6.07, 6.45) is 4.21. The molecule has 1 saturated heterocycles. The second kappa shape index (κ2) is 12.8. The molecule has 0 aromatic carbocycles. The molecule has 2 aromatic rings. The smallest absolute Gasteiger partial charge is 0.410 e. The van der Waals surface area contributed by atoms with Crippen molar-refractivity contribution in [1.82, 2.24) is 19.6 Å². The molecule has 41 heavy (non-hydrogen) atoms. The molecule has 0 saturated carbocycles. The molecular weight excluding hydrogens is 541 g/mol. The summed E-state index contributed by atoms with van der Waals surface area (Å²) in [5.41, 5.74) is -0.661. The van der Waals surface area contributed by atoms with Gasteiger partial charge in [-0.3, -0.25) is 9.52 Å². The number of nitrogens with one attached hydrogen (secondary N) is 2. The van der Waals surface area contributed by atoms with E-state index in [2.05, 4.69) is 40.4 Å². The second-order valence-corrected chi connectivity index (χ2v) is 14.0. The first-order valence-electron chi connectivity index (χ1n) is 14.0. The predicted molar refractivity (Wildman–Crippen MR) is 162 cm³/mol. The maximum absolute atomic E-state index is 14.5. The number of carbonyl (C=O) groups is 2. The van der Waals surface area contributed by atoms with Crippen molar-refractivity contribution in [3.63, 3.8) is 0 Å². The zero-order valence-electron chi connectivity index (χ0n) is 25.5. The minimum atomic E-state index is -0.799. The molecule has 10 heteroatoms. The van der Waals surface area contributed by atoms with Crippen molar-refractivity contribution >= 4 is 29.8 Å². The van der Waals surface area contributed by atoms with Gasteiger partial charge in [0.2, 0.25) is 5.95 Å². The Morgan fingerprint density at radius 2 is 1.90 bits per heavy atom. The van der Waals surface area contributed by atoms with Crippen molar-refractivity contribution < 1.29 is 18.7 Å². The fraction of sp³-hybridized carbons (Fsp3) is 0.548. The van der Waals surface area contributed by atoms with Crippen molar-refractivity contribution in [2.24, 2.45) is 5.92 Å². The fourth-order valence-corrected chi connectivity index (χ4v) is 5.40. The van der Waals surface area contributed by atoms with Gasteiger partial charge in [-0.25, -0.2) is 14.8 Å². The van der Waals surface area contributed by atoms with E-state index in [9.17, 15) is 14.0 Å². The van der Waals surface area contributed by atoms with Crippen LogP contribution < -0.4 is 10.0 Å². The lowest BCUT2D eigenvalue weighted by Crippen LogP contribution is -2.45. The Kier molecular flexibility index (Phi) is 10.1. The van der Waals surface area contributed by atoms with E-state index < -0.39 is 17.5 Å². The van der Waals surface area contributed by atoms with Gasteiger partial charge in [0.1, 0.15) is 16.4 Å². The van der Waals surface area contributed by atoms with Gasteiger partial charge in [0.05, 0.1) is 5.56 Å². The molecule has 0 spiro atoms. The van der Waals surface area contributed by atoms with Crippen molar-refractivity contribution in [2.45, 2.75) is 102 Å². The van der Waals surface area contributed by atoms with E-state index in [4.69, 9.17) is 4.74 Å². The van der Waals surface area contributed by atoms with Crippen LogP contribution in [0.1, 0.15) is 90.7 Å². The summed E-state index contributed by atoms with van der Waals surface area (Å²) in [6, 6.07) is 8.54. The molecule has 8 nitrogen and oxygen atoms in total. The first-order valence-corrected chi connectivity index (χ1v) is 14.8. The van der Waals surface area contributed by atoms with Gasteiger partial charge in [0, 0.05) is 41.2 Å². The topological polar surface area (TPSA) is 96.5 Å². The molecule has 1 aliphatic heterocycles. The molecule has 2 amide bonds. The molecule has 0 bridgehead atoms. The van der Waals surface area contributed by atoms with Gasteiger partial charge in [-0.15, -0.1) is 6.58 Å². The summed E-state index contributed by atoms with van der Waals surface area (Å²) in [7, 11) is 0. The number of halogens is 1. The Morgan fingerprint density at radius 1 is 1.20 bits per heavy atom. The lowest BCUT2D eigenvalue weighted by Gasteiger charge is -2.33. The van der Waals surface area contributed by atoms with Crippen LogP contribution in [0.2, 0.25) is 0 Å². The van der Waals surface area contributed by atoms with Crippen LogP contribution in [0.5, 0.6) is 0 Å². The van der Waals surface area contributed by atoms with Gasteiger partial charge >= 0.3 is 6.09 Å². The number of nitrogens with zero attached hydrogens (tertiary/aromatic N) is 3. The summed E-state index contributed by atoms with van der Waals surface area (Å²) in [4.78, 5) is 35.7.